The summed E-state index contributed by atoms with van der Waals surface area (Å²) in [5.41, 5.74) is 7.19. The fourth-order valence-electron chi connectivity index (χ4n) is 4.05. The maximum absolute atomic E-state index is 9.79. The number of para-hydroxylation sites is 1. The molecule has 29 heavy (non-hydrogen) atoms. The minimum absolute atomic E-state index is 0.274. The number of fused-ring (bicyclic) bond motifs is 1. The third kappa shape index (κ3) is 3.19. The molecular weight excluding hydrogens is 354 g/mol. The quantitative estimate of drug-likeness (QED) is 0.376. The molecule has 0 saturated carbocycles. The van der Waals surface area contributed by atoms with Crippen molar-refractivity contribution < 1.29 is 5.11 Å². The second-order valence-corrected chi connectivity index (χ2v) is 7.22. The summed E-state index contributed by atoms with van der Waals surface area (Å²) < 4.78 is 2.31. The lowest BCUT2D eigenvalue weighted by molar-refractivity contribution is 0.475. The highest BCUT2D eigenvalue weighted by Crippen LogP contribution is 2.38. The van der Waals surface area contributed by atoms with Crippen LogP contribution < -0.4 is 0 Å². The van der Waals surface area contributed by atoms with Crippen LogP contribution in [0.2, 0.25) is 0 Å². The molecule has 0 amide bonds. The lowest BCUT2D eigenvalue weighted by atomic mass is 9.98. The van der Waals surface area contributed by atoms with Gasteiger partial charge in [0.25, 0.3) is 0 Å². The van der Waals surface area contributed by atoms with Crippen molar-refractivity contribution in [3.63, 3.8) is 0 Å². The summed E-state index contributed by atoms with van der Waals surface area (Å²) in [5.74, 6) is 0.274. The van der Waals surface area contributed by atoms with Gasteiger partial charge in [-0.1, -0.05) is 78.9 Å². The standard InChI is InChI=1S/C27H21NO/c29-23-17-15-22(16-18-23)28-26-14-8-7-13-24(26)25(19-20-9-3-1-4-10-20)27(28)21-11-5-2-6-12-21/h1-18,29H,19H2. The van der Waals surface area contributed by atoms with Crippen molar-refractivity contribution in [3.8, 4) is 22.7 Å². The Morgan fingerprint density at radius 3 is 1.97 bits per heavy atom. The van der Waals surface area contributed by atoms with Gasteiger partial charge in [-0.2, -0.15) is 0 Å². The summed E-state index contributed by atoms with van der Waals surface area (Å²) >= 11 is 0. The van der Waals surface area contributed by atoms with Gasteiger partial charge in [0.1, 0.15) is 5.75 Å². The van der Waals surface area contributed by atoms with E-state index < -0.39 is 0 Å². The minimum Gasteiger partial charge on any atom is -0.508 e. The van der Waals surface area contributed by atoms with E-state index in [1.165, 1.54) is 33.3 Å². The molecule has 140 valence electrons. The van der Waals surface area contributed by atoms with Gasteiger partial charge in [-0.05, 0) is 47.0 Å². The van der Waals surface area contributed by atoms with Crippen LogP contribution in [0.5, 0.6) is 5.75 Å². The second kappa shape index (κ2) is 7.33. The SMILES string of the molecule is Oc1ccc(-n2c(-c3ccccc3)c(Cc3ccccc3)c3ccccc32)cc1. The van der Waals surface area contributed by atoms with Gasteiger partial charge in [0.15, 0.2) is 0 Å². The van der Waals surface area contributed by atoms with E-state index >= 15 is 0 Å². The van der Waals surface area contributed by atoms with Crippen LogP contribution in [0.1, 0.15) is 11.1 Å². The van der Waals surface area contributed by atoms with E-state index in [-0.39, 0.29) is 5.75 Å². The molecule has 0 bridgehead atoms. The van der Waals surface area contributed by atoms with Crippen LogP contribution in [-0.2, 0) is 6.42 Å². The van der Waals surface area contributed by atoms with Crippen molar-refractivity contribution in [2.75, 3.05) is 0 Å². The molecule has 0 aliphatic rings. The average Bonchev–Trinajstić information content (AvgIpc) is 3.10. The van der Waals surface area contributed by atoms with Gasteiger partial charge < -0.3 is 9.67 Å². The predicted octanol–water partition coefficient (Wildman–Crippen LogP) is 6.59. The summed E-state index contributed by atoms with van der Waals surface area (Å²) in [6, 6.07) is 37.2. The number of phenolic OH excluding ortho intramolecular Hbond substituents is 1. The number of aromatic nitrogens is 1. The third-order valence-corrected chi connectivity index (χ3v) is 5.36. The molecule has 0 atom stereocenters. The maximum atomic E-state index is 9.79. The van der Waals surface area contributed by atoms with Crippen LogP contribution in [0.3, 0.4) is 0 Å². The monoisotopic (exact) mass is 375 g/mol. The van der Waals surface area contributed by atoms with Crippen LogP contribution in [0.15, 0.2) is 109 Å². The molecule has 0 radical (unpaired) electrons. The Morgan fingerprint density at radius 1 is 0.621 bits per heavy atom. The average molecular weight is 375 g/mol. The van der Waals surface area contributed by atoms with Gasteiger partial charge in [-0.15, -0.1) is 0 Å². The molecule has 0 fully saturated rings. The van der Waals surface area contributed by atoms with Gasteiger partial charge in [-0.3, -0.25) is 0 Å². The van der Waals surface area contributed by atoms with E-state index in [1.54, 1.807) is 12.1 Å². The highest BCUT2D eigenvalue weighted by Gasteiger charge is 2.19. The molecule has 2 heteroatoms. The van der Waals surface area contributed by atoms with E-state index in [9.17, 15) is 5.11 Å². The van der Waals surface area contributed by atoms with Crippen molar-refractivity contribution in [1.29, 1.82) is 0 Å². The number of aromatic hydroxyl groups is 1. The predicted molar refractivity (Wildman–Crippen MR) is 120 cm³/mol. The van der Waals surface area contributed by atoms with Gasteiger partial charge in [0.2, 0.25) is 0 Å². The zero-order valence-corrected chi connectivity index (χ0v) is 16.0. The summed E-state index contributed by atoms with van der Waals surface area (Å²) in [5, 5.41) is 11.0. The Morgan fingerprint density at radius 2 is 1.24 bits per heavy atom. The Labute approximate surface area is 170 Å². The number of nitrogens with zero attached hydrogens (tertiary/aromatic N) is 1. The maximum Gasteiger partial charge on any atom is 0.115 e. The topological polar surface area (TPSA) is 25.2 Å². The van der Waals surface area contributed by atoms with Gasteiger partial charge in [0, 0.05) is 17.5 Å². The van der Waals surface area contributed by atoms with Crippen molar-refractivity contribution >= 4 is 10.9 Å². The summed E-state index contributed by atoms with van der Waals surface area (Å²) in [7, 11) is 0. The lowest BCUT2D eigenvalue weighted by Crippen LogP contribution is -1.98. The molecule has 0 aliphatic carbocycles. The van der Waals surface area contributed by atoms with Gasteiger partial charge in [-0.25, -0.2) is 0 Å². The fourth-order valence-corrected chi connectivity index (χ4v) is 4.05. The largest absolute Gasteiger partial charge is 0.508 e. The number of benzene rings is 4. The molecule has 5 aromatic rings. The van der Waals surface area contributed by atoms with Crippen LogP contribution in [0, 0.1) is 0 Å². The lowest BCUT2D eigenvalue weighted by Gasteiger charge is -2.13. The zero-order valence-electron chi connectivity index (χ0n) is 16.0. The van der Waals surface area contributed by atoms with Gasteiger partial charge in [0.05, 0.1) is 11.2 Å². The number of hydrogen-bond acceptors (Lipinski definition) is 1. The van der Waals surface area contributed by atoms with Crippen LogP contribution in [-0.4, -0.2) is 9.67 Å². The molecule has 0 aliphatic heterocycles. The molecule has 1 heterocycles. The van der Waals surface area contributed by atoms with Crippen molar-refractivity contribution in [3.05, 3.63) is 120 Å². The molecule has 5 rings (SSSR count). The molecule has 1 aromatic heterocycles. The molecule has 4 aromatic carbocycles. The Hall–Kier alpha value is -3.78. The normalized spacial score (nSPS) is 11.0. The van der Waals surface area contributed by atoms with Crippen molar-refractivity contribution in [2.24, 2.45) is 0 Å². The molecule has 2 nitrogen and oxygen atoms in total. The Balaban J connectivity index is 1.84. The van der Waals surface area contributed by atoms with Crippen molar-refractivity contribution in [2.45, 2.75) is 6.42 Å². The first-order valence-electron chi connectivity index (χ1n) is 9.82. The van der Waals surface area contributed by atoms with E-state index in [0.29, 0.717) is 0 Å². The molecule has 1 N–H and O–H groups in total. The third-order valence-electron chi connectivity index (χ3n) is 5.36. The van der Waals surface area contributed by atoms with Crippen molar-refractivity contribution in [1.82, 2.24) is 4.57 Å². The van der Waals surface area contributed by atoms with Crippen LogP contribution >= 0.6 is 0 Å². The summed E-state index contributed by atoms with van der Waals surface area (Å²) in [6.45, 7) is 0. The second-order valence-electron chi connectivity index (χ2n) is 7.22. The first kappa shape index (κ1) is 17.3. The molecular formula is C27H21NO. The minimum atomic E-state index is 0.274. The van der Waals surface area contributed by atoms with E-state index in [4.69, 9.17) is 0 Å². The van der Waals surface area contributed by atoms with Crippen LogP contribution in [0.4, 0.5) is 0 Å². The smallest absolute Gasteiger partial charge is 0.115 e. The number of phenols is 1. The fraction of sp³-hybridized carbons (Fsp3) is 0.0370. The number of rotatable bonds is 4. The van der Waals surface area contributed by atoms with Gasteiger partial charge >= 0.3 is 0 Å². The van der Waals surface area contributed by atoms with Crippen LogP contribution in [0.25, 0.3) is 27.8 Å². The molecule has 0 spiro atoms. The summed E-state index contributed by atoms with van der Waals surface area (Å²) in [6.07, 6.45) is 0.858. The Bertz CT molecular complexity index is 1250. The Kier molecular flexibility index (Phi) is 4.38. The highest BCUT2D eigenvalue weighted by molar-refractivity contribution is 5.94. The molecule has 0 unspecified atom stereocenters. The highest BCUT2D eigenvalue weighted by atomic mass is 16.3. The number of hydrogen-bond donors (Lipinski definition) is 1. The van der Waals surface area contributed by atoms with E-state index in [1.807, 2.05) is 18.2 Å². The summed E-state index contributed by atoms with van der Waals surface area (Å²) in [4.78, 5) is 0. The first-order chi connectivity index (χ1) is 14.3. The molecule has 0 saturated heterocycles. The van der Waals surface area contributed by atoms with E-state index in [2.05, 4.69) is 83.4 Å². The zero-order chi connectivity index (χ0) is 19.6. The first-order valence-corrected chi connectivity index (χ1v) is 9.82. The van der Waals surface area contributed by atoms with E-state index in [0.717, 1.165) is 12.1 Å².